The van der Waals surface area contributed by atoms with Crippen LogP contribution in [0.5, 0.6) is 5.75 Å². The predicted octanol–water partition coefficient (Wildman–Crippen LogP) is 4.19. The molecule has 7 nitrogen and oxygen atoms in total. The summed E-state index contributed by atoms with van der Waals surface area (Å²) in [5.41, 5.74) is 3.28. The van der Waals surface area contributed by atoms with Crippen molar-refractivity contribution in [3.8, 4) is 5.75 Å². The first-order chi connectivity index (χ1) is 12.5. The van der Waals surface area contributed by atoms with Crippen molar-refractivity contribution in [2.75, 3.05) is 7.11 Å². The number of nitrogens with zero attached hydrogens (tertiary/aromatic N) is 2. The average molecular weight is 481 g/mol. The Morgan fingerprint density at radius 3 is 2.81 bits per heavy atom. The standard InChI is InChI=1S/C17H12IN3O4S/c1-25-14-4-2-10(6-13(14)18)9-19-20-17(22)16-8-11-7-12(21(23)24)3-5-15(11)26-16/h2-9H,1H3,(H,20,22)/b19-9-. The van der Waals surface area contributed by atoms with E-state index in [1.54, 1.807) is 19.2 Å². The van der Waals surface area contributed by atoms with Crippen LogP contribution in [0.15, 0.2) is 47.6 Å². The number of carbonyl (C=O) groups excluding carboxylic acids is 1. The molecule has 2 aromatic carbocycles. The van der Waals surface area contributed by atoms with Crippen molar-refractivity contribution < 1.29 is 14.5 Å². The molecule has 3 aromatic rings. The van der Waals surface area contributed by atoms with Gasteiger partial charge in [-0.2, -0.15) is 5.10 Å². The van der Waals surface area contributed by atoms with Crippen molar-refractivity contribution in [3.63, 3.8) is 0 Å². The number of hydrazone groups is 1. The van der Waals surface area contributed by atoms with Gasteiger partial charge in [0.25, 0.3) is 11.6 Å². The second-order valence-electron chi connectivity index (χ2n) is 5.18. The molecule has 9 heteroatoms. The van der Waals surface area contributed by atoms with Gasteiger partial charge in [0.05, 0.1) is 26.7 Å². The molecule has 1 amide bonds. The van der Waals surface area contributed by atoms with Gasteiger partial charge in [0.2, 0.25) is 0 Å². The van der Waals surface area contributed by atoms with Crippen molar-refractivity contribution in [1.29, 1.82) is 0 Å². The van der Waals surface area contributed by atoms with Crippen LogP contribution in [0, 0.1) is 13.7 Å². The van der Waals surface area contributed by atoms with Crippen LogP contribution < -0.4 is 10.2 Å². The van der Waals surface area contributed by atoms with Gasteiger partial charge in [0, 0.05) is 22.2 Å². The summed E-state index contributed by atoms with van der Waals surface area (Å²) in [6, 6.07) is 11.7. The van der Waals surface area contributed by atoms with Crippen LogP contribution in [0.2, 0.25) is 0 Å². The maximum absolute atomic E-state index is 12.2. The van der Waals surface area contributed by atoms with Gasteiger partial charge >= 0.3 is 0 Å². The second kappa shape index (κ2) is 7.79. The molecule has 0 aliphatic heterocycles. The topological polar surface area (TPSA) is 93.8 Å². The summed E-state index contributed by atoms with van der Waals surface area (Å²) < 4.78 is 6.93. The number of hydrogen-bond donors (Lipinski definition) is 1. The lowest BCUT2D eigenvalue weighted by molar-refractivity contribution is -0.384. The maximum Gasteiger partial charge on any atom is 0.281 e. The van der Waals surface area contributed by atoms with Crippen molar-refractivity contribution in [2.24, 2.45) is 5.10 Å². The number of non-ortho nitro benzene ring substituents is 1. The number of thiophene rings is 1. The smallest absolute Gasteiger partial charge is 0.281 e. The fourth-order valence-electron chi connectivity index (χ4n) is 2.24. The van der Waals surface area contributed by atoms with Crippen LogP contribution in [-0.4, -0.2) is 24.2 Å². The van der Waals surface area contributed by atoms with Gasteiger partial charge < -0.3 is 4.74 Å². The van der Waals surface area contributed by atoms with Crippen molar-refractivity contribution in [1.82, 2.24) is 5.43 Å². The molecule has 1 heterocycles. The lowest BCUT2D eigenvalue weighted by Gasteiger charge is -2.03. The molecule has 3 rings (SSSR count). The minimum atomic E-state index is -0.461. The van der Waals surface area contributed by atoms with Crippen molar-refractivity contribution >= 4 is 61.8 Å². The van der Waals surface area contributed by atoms with E-state index in [9.17, 15) is 14.9 Å². The van der Waals surface area contributed by atoms with E-state index in [-0.39, 0.29) is 11.6 Å². The molecule has 0 fully saturated rings. The van der Waals surface area contributed by atoms with E-state index in [0.717, 1.165) is 19.6 Å². The second-order valence-corrected chi connectivity index (χ2v) is 7.43. The number of rotatable bonds is 5. The molecular weight excluding hydrogens is 469 g/mol. The molecule has 26 heavy (non-hydrogen) atoms. The number of carbonyl (C=O) groups is 1. The number of methoxy groups -OCH3 is 1. The summed E-state index contributed by atoms with van der Waals surface area (Å²) >= 11 is 3.41. The van der Waals surface area contributed by atoms with E-state index in [1.807, 2.05) is 18.2 Å². The summed E-state index contributed by atoms with van der Waals surface area (Å²) in [6.07, 6.45) is 1.54. The number of benzene rings is 2. The van der Waals surface area contributed by atoms with Crippen LogP contribution in [0.3, 0.4) is 0 Å². The van der Waals surface area contributed by atoms with Crippen LogP contribution >= 0.6 is 33.9 Å². The number of amides is 1. The summed E-state index contributed by atoms with van der Waals surface area (Å²) in [4.78, 5) is 23.0. The first-order valence-corrected chi connectivity index (χ1v) is 9.22. The van der Waals surface area contributed by atoms with Crippen LogP contribution in [-0.2, 0) is 0 Å². The van der Waals surface area contributed by atoms with Gasteiger partial charge in [0.1, 0.15) is 5.75 Å². The molecule has 0 aliphatic carbocycles. The summed E-state index contributed by atoms with van der Waals surface area (Å²) in [5, 5.41) is 15.4. The average Bonchev–Trinajstić information content (AvgIpc) is 3.05. The first kappa shape index (κ1) is 18.3. The molecule has 0 saturated carbocycles. The molecular formula is C17H12IN3O4S. The molecule has 0 spiro atoms. The van der Waals surface area contributed by atoms with Gasteiger partial charge in [-0.1, -0.05) is 0 Å². The number of nitro groups is 1. The van der Waals surface area contributed by atoms with Crippen LogP contribution in [0.25, 0.3) is 10.1 Å². The summed E-state index contributed by atoms with van der Waals surface area (Å²) in [7, 11) is 1.60. The van der Waals surface area contributed by atoms with E-state index >= 15 is 0 Å². The highest BCUT2D eigenvalue weighted by molar-refractivity contribution is 14.1. The fourth-order valence-corrected chi connectivity index (χ4v) is 3.93. The number of nitro benzene ring substituents is 1. The third kappa shape index (κ3) is 3.99. The highest BCUT2D eigenvalue weighted by Gasteiger charge is 2.12. The molecule has 0 aliphatic rings. The fraction of sp³-hybridized carbons (Fsp3) is 0.0588. The minimum absolute atomic E-state index is 0.00520. The molecule has 0 bridgehead atoms. The third-order valence-corrected chi connectivity index (χ3v) is 5.45. The number of hydrogen-bond acceptors (Lipinski definition) is 6. The third-order valence-electron chi connectivity index (χ3n) is 3.49. The van der Waals surface area contributed by atoms with Crippen LogP contribution in [0.1, 0.15) is 15.2 Å². The van der Waals surface area contributed by atoms with E-state index in [0.29, 0.717) is 10.3 Å². The number of halogens is 1. The number of nitrogens with one attached hydrogen (secondary N) is 1. The van der Waals surface area contributed by atoms with Crippen LogP contribution in [0.4, 0.5) is 5.69 Å². The summed E-state index contributed by atoms with van der Waals surface area (Å²) in [6.45, 7) is 0. The highest BCUT2D eigenvalue weighted by atomic mass is 127. The van der Waals surface area contributed by atoms with Crippen molar-refractivity contribution in [2.45, 2.75) is 0 Å². The maximum atomic E-state index is 12.2. The Labute approximate surface area is 166 Å². The Kier molecular flexibility index (Phi) is 5.47. The van der Waals surface area contributed by atoms with E-state index in [1.165, 1.54) is 29.7 Å². The Hall–Kier alpha value is -2.53. The van der Waals surface area contributed by atoms with E-state index in [2.05, 4.69) is 33.1 Å². The Morgan fingerprint density at radius 2 is 2.12 bits per heavy atom. The van der Waals surface area contributed by atoms with Gasteiger partial charge in [-0.25, -0.2) is 5.43 Å². The zero-order valence-corrected chi connectivity index (χ0v) is 16.4. The molecule has 0 unspecified atom stereocenters. The molecule has 1 aromatic heterocycles. The Morgan fingerprint density at radius 1 is 1.31 bits per heavy atom. The van der Waals surface area contributed by atoms with E-state index < -0.39 is 4.92 Å². The first-order valence-electron chi connectivity index (χ1n) is 7.33. The highest BCUT2D eigenvalue weighted by Crippen LogP contribution is 2.28. The minimum Gasteiger partial charge on any atom is -0.496 e. The Bertz CT molecular complexity index is 1030. The number of fused-ring (bicyclic) bond motifs is 1. The lowest BCUT2D eigenvalue weighted by atomic mass is 10.2. The Balaban J connectivity index is 1.72. The van der Waals surface area contributed by atoms with Gasteiger partial charge in [-0.3, -0.25) is 14.9 Å². The molecule has 0 saturated heterocycles. The molecule has 132 valence electrons. The quantitative estimate of drug-likeness (QED) is 0.256. The summed E-state index contributed by atoms with van der Waals surface area (Å²) in [5.74, 6) is 0.402. The SMILES string of the molecule is COc1ccc(/C=N\NC(=O)c2cc3cc([N+](=O)[O-])ccc3s2)cc1I. The largest absolute Gasteiger partial charge is 0.496 e. The zero-order chi connectivity index (χ0) is 18.7. The normalized spacial score (nSPS) is 11.0. The van der Waals surface area contributed by atoms with Gasteiger partial charge in [0.15, 0.2) is 0 Å². The van der Waals surface area contributed by atoms with Crippen molar-refractivity contribution in [3.05, 3.63) is 66.6 Å². The number of ether oxygens (including phenoxy) is 1. The molecule has 0 atom stereocenters. The zero-order valence-electron chi connectivity index (χ0n) is 13.4. The monoisotopic (exact) mass is 481 g/mol. The predicted molar refractivity (Wildman–Crippen MR) is 109 cm³/mol. The van der Waals surface area contributed by atoms with E-state index in [4.69, 9.17) is 4.74 Å². The molecule has 0 radical (unpaired) electrons. The lowest BCUT2D eigenvalue weighted by Crippen LogP contribution is -2.16. The van der Waals surface area contributed by atoms with Gasteiger partial charge in [-0.05, 0) is 58.5 Å². The molecule has 1 N–H and O–H groups in total. The van der Waals surface area contributed by atoms with Gasteiger partial charge in [-0.15, -0.1) is 11.3 Å².